The highest BCUT2D eigenvalue weighted by Gasteiger charge is 2.19. The highest BCUT2D eigenvalue weighted by atomic mass is 16.6. The Morgan fingerprint density at radius 2 is 0.571 bits per heavy atom. The summed E-state index contributed by atoms with van der Waals surface area (Å²) >= 11 is 0. The molecule has 63 heavy (non-hydrogen) atoms. The zero-order chi connectivity index (χ0) is 45.8. The molecule has 0 amide bonds. The van der Waals surface area contributed by atoms with Crippen molar-refractivity contribution < 1.29 is 28.6 Å². The van der Waals surface area contributed by atoms with Crippen molar-refractivity contribution in [3.8, 4) is 0 Å². The molecular weight excluding hydrogens is 781 g/mol. The van der Waals surface area contributed by atoms with Crippen LogP contribution in [0.25, 0.3) is 0 Å². The summed E-state index contributed by atoms with van der Waals surface area (Å²) in [6, 6.07) is 0. The molecule has 0 radical (unpaired) electrons. The van der Waals surface area contributed by atoms with Gasteiger partial charge in [-0.3, -0.25) is 14.4 Å². The SMILES string of the molecule is CCCCCC=CCC=CCCCCCCCC(=O)OCC(COC(=O)CCCCCCCC=CCC=CCCCCC)OC(=O)CCCCCCCC=CCC=CCCCCC. The van der Waals surface area contributed by atoms with Crippen LogP contribution in [0.3, 0.4) is 0 Å². The lowest BCUT2D eigenvalue weighted by molar-refractivity contribution is -0.167. The van der Waals surface area contributed by atoms with Crippen LogP contribution in [0.4, 0.5) is 0 Å². The van der Waals surface area contributed by atoms with E-state index in [1.165, 1.54) is 77.0 Å². The Hall–Kier alpha value is -3.15. The van der Waals surface area contributed by atoms with Gasteiger partial charge in [-0.05, 0) is 116 Å². The summed E-state index contributed by atoms with van der Waals surface area (Å²) < 4.78 is 16.8. The van der Waals surface area contributed by atoms with Crippen molar-refractivity contribution in [2.45, 2.75) is 258 Å². The quantitative estimate of drug-likeness (QED) is 0.0262. The first-order chi connectivity index (χ1) is 31.0. The van der Waals surface area contributed by atoms with Gasteiger partial charge in [0.15, 0.2) is 6.10 Å². The molecule has 0 aromatic carbocycles. The number of unbranched alkanes of at least 4 members (excludes halogenated alkanes) is 24. The molecular formula is C57H98O6. The molecule has 0 aliphatic rings. The van der Waals surface area contributed by atoms with Crippen LogP contribution in [-0.2, 0) is 28.6 Å². The van der Waals surface area contributed by atoms with Crippen LogP contribution >= 0.6 is 0 Å². The van der Waals surface area contributed by atoms with Crippen molar-refractivity contribution >= 4 is 17.9 Å². The number of carbonyl (C=O) groups is 3. The van der Waals surface area contributed by atoms with Crippen LogP contribution in [0, 0.1) is 0 Å². The van der Waals surface area contributed by atoms with E-state index in [-0.39, 0.29) is 31.1 Å². The lowest BCUT2D eigenvalue weighted by Gasteiger charge is -2.18. The summed E-state index contributed by atoms with van der Waals surface area (Å²) in [6.45, 7) is 6.52. The minimum absolute atomic E-state index is 0.0933. The molecule has 0 N–H and O–H groups in total. The van der Waals surface area contributed by atoms with Crippen LogP contribution in [0.15, 0.2) is 72.9 Å². The molecule has 0 heterocycles. The Morgan fingerprint density at radius 1 is 0.317 bits per heavy atom. The maximum absolute atomic E-state index is 12.8. The van der Waals surface area contributed by atoms with E-state index in [0.29, 0.717) is 19.3 Å². The number of allylic oxidation sites excluding steroid dienone is 12. The first-order valence-corrected chi connectivity index (χ1v) is 26.4. The van der Waals surface area contributed by atoms with Crippen molar-refractivity contribution in [2.24, 2.45) is 0 Å². The molecule has 0 aromatic rings. The van der Waals surface area contributed by atoms with E-state index in [1.54, 1.807) is 0 Å². The molecule has 0 saturated heterocycles. The Morgan fingerprint density at radius 3 is 0.873 bits per heavy atom. The number of ether oxygens (including phenoxy) is 3. The molecule has 6 heteroatoms. The van der Waals surface area contributed by atoms with Gasteiger partial charge in [-0.2, -0.15) is 0 Å². The molecule has 0 bridgehead atoms. The minimum atomic E-state index is -0.794. The zero-order valence-corrected chi connectivity index (χ0v) is 41.3. The zero-order valence-electron chi connectivity index (χ0n) is 41.3. The van der Waals surface area contributed by atoms with Crippen molar-refractivity contribution in [2.75, 3.05) is 13.2 Å². The van der Waals surface area contributed by atoms with Crippen LogP contribution in [-0.4, -0.2) is 37.2 Å². The number of hydrogen-bond acceptors (Lipinski definition) is 6. The first kappa shape index (κ1) is 59.9. The first-order valence-electron chi connectivity index (χ1n) is 26.4. The van der Waals surface area contributed by atoms with Gasteiger partial charge in [-0.1, -0.05) is 190 Å². The number of carbonyl (C=O) groups excluding carboxylic acids is 3. The van der Waals surface area contributed by atoms with Crippen molar-refractivity contribution in [3.63, 3.8) is 0 Å². The molecule has 0 aliphatic carbocycles. The van der Waals surface area contributed by atoms with E-state index in [0.717, 1.165) is 135 Å². The molecule has 0 saturated carbocycles. The van der Waals surface area contributed by atoms with E-state index >= 15 is 0 Å². The van der Waals surface area contributed by atoms with Gasteiger partial charge >= 0.3 is 17.9 Å². The second-order valence-corrected chi connectivity index (χ2v) is 17.4. The maximum Gasteiger partial charge on any atom is 0.306 e. The Bertz CT molecular complexity index is 1130. The second kappa shape index (κ2) is 51.5. The fourth-order valence-corrected chi connectivity index (χ4v) is 7.12. The fraction of sp³-hybridized carbons (Fsp3) is 0.737. The highest BCUT2D eigenvalue weighted by Crippen LogP contribution is 2.13. The topological polar surface area (TPSA) is 78.9 Å². The van der Waals surface area contributed by atoms with Crippen LogP contribution in [0.2, 0.25) is 0 Å². The summed E-state index contributed by atoms with van der Waals surface area (Å²) in [5.74, 6) is -0.931. The summed E-state index contributed by atoms with van der Waals surface area (Å²) in [4.78, 5) is 38.0. The van der Waals surface area contributed by atoms with Crippen LogP contribution < -0.4 is 0 Å². The van der Waals surface area contributed by atoms with E-state index in [9.17, 15) is 14.4 Å². The normalized spacial score (nSPS) is 12.6. The third-order valence-electron chi connectivity index (χ3n) is 11.2. The Labute approximate surface area is 389 Å². The molecule has 6 nitrogen and oxygen atoms in total. The number of rotatable bonds is 47. The summed E-state index contributed by atoms with van der Waals surface area (Å²) in [7, 11) is 0. The average molecular weight is 879 g/mol. The van der Waals surface area contributed by atoms with E-state index in [4.69, 9.17) is 14.2 Å². The summed E-state index contributed by atoms with van der Waals surface area (Å²) in [6.07, 6.45) is 64.4. The standard InChI is InChI=1S/C57H98O6/c1-4-7-10-13-16-19-22-25-28-31-34-37-40-43-46-49-55(58)61-52-54(63-57(60)51-48-45-42-39-36-33-30-27-24-21-18-15-12-9-6-3)53-62-56(59)50-47-44-41-38-35-32-29-26-23-20-17-14-11-8-5-2/h16-21,25-30,54H,4-15,22-24,31-53H2,1-3H3. The minimum Gasteiger partial charge on any atom is -0.462 e. The third-order valence-corrected chi connectivity index (χ3v) is 11.2. The van der Waals surface area contributed by atoms with E-state index < -0.39 is 6.10 Å². The molecule has 0 rings (SSSR count). The molecule has 0 aliphatic heterocycles. The Kier molecular flexibility index (Phi) is 48.9. The largest absolute Gasteiger partial charge is 0.462 e. The molecule has 0 atom stereocenters. The lowest BCUT2D eigenvalue weighted by Crippen LogP contribution is -2.30. The Balaban J connectivity index is 4.46. The smallest absolute Gasteiger partial charge is 0.306 e. The van der Waals surface area contributed by atoms with E-state index in [2.05, 4.69) is 93.7 Å². The maximum atomic E-state index is 12.8. The van der Waals surface area contributed by atoms with E-state index in [1.807, 2.05) is 0 Å². The van der Waals surface area contributed by atoms with Crippen LogP contribution in [0.5, 0.6) is 0 Å². The monoisotopic (exact) mass is 879 g/mol. The number of esters is 3. The third kappa shape index (κ3) is 49.7. The van der Waals surface area contributed by atoms with Crippen molar-refractivity contribution in [1.82, 2.24) is 0 Å². The molecule has 0 spiro atoms. The van der Waals surface area contributed by atoms with Gasteiger partial charge in [0.05, 0.1) is 0 Å². The van der Waals surface area contributed by atoms with Gasteiger partial charge < -0.3 is 14.2 Å². The molecule has 0 fully saturated rings. The average Bonchev–Trinajstić information content (AvgIpc) is 3.28. The second-order valence-electron chi connectivity index (χ2n) is 17.4. The van der Waals surface area contributed by atoms with Gasteiger partial charge in [0, 0.05) is 19.3 Å². The van der Waals surface area contributed by atoms with Crippen molar-refractivity contribution in [3.05, 3.63) is 72.9 Å². The fourth-order valence-electron chi connectivity index (χ4n) is 7.12. The van der Waals surface area contributed by atoms with Gasteiger partial charge in [0.2, 0.25) is 0 Å². The van der Waals surface area contributed by atoms with Gasteiger partial charge in [-0.25, -0.2) is 0 Å². The molecule has 0 unspecified atom stereocenters. The summed E-state index contributed by atoms with van der Waals surface area (Å²) in [5.41, 5.74) is 0. The predicted octanol–water partition coefficient (Wildman–Crippen LogP) is 17.4. The number of hydrogen-bond donors (Lipinski definition) is 0. The van der Waals surface area contributed by atoms with Gasteiger partial charge in [-0.15, -0.1) is 0 Å². The van der Waals surface area contributed by atoms with Crippen LogP contribution in [0.1, 0.15) is 252 Å². The molecule has 0 aromatic heterocycles. The highest BCUT2D eigenvalue weighted by molar-refractivity contribution is 5.71. The lowest BCUT2D eigenvalue weighted by atomic mass is 10.1. The van der Waals surface area contributed by atoms with Crippen molar-refractivity contribution in [1.29, 1.82) is 0 Å². The molecule has 362 valence electrons. The van der Waals surface area contributed by atoms with Gasteiger partial charge in [0.1, 0.15) is 13.2 Å². The predicted molar refractivity (Wildman–Crippen MR) is 270 cm³/mol. The van der Waals surface area contributed by atoms with Gasteiger partial charge in [0.25, 0.3) is 0 Å². The summed E-state index contributed by atoms with van der Waals surface area (Å²) in [5, 5.41) is 0.